The van der Waals surface area contributed by atoms with Gasteiger partial charge in [0.2, 0.25) is 11.8 Å². The number of anilines is 3. The predicted octanol–water partition coefficient (Wildman–Crippen LogP) is 1.40. The number of carbonyl (C=O) groups is 3. The number of rotatable bonds is 7. The van der Waals surface area contributed by atoms with E-state index in [0.29, 0.717) is 5.69 Å². The second-order valence-electron chi connectivity index (χ2n) is 8.99. The molecule has 0 aliphatic carbocycles. The summed E-state index contributed by atoms with van der Waals surface area (Å²) >= 11 is 0. The summed E-state index contributed by atoms with van der Waals surface area (Å²) in [5.41, 5.74) is 2.84. The van der Waals surface area contributed by atoms with Crippen LogP contribution in [0.2, 0.25) is 0 Å². The van der Waals surface area contributed by atoms with Crippen LogP contribution in [0.4, 0.5) is 30.6 Å². The Kier molecular flexibility index (Phi) is 8.32. The van der Waals surface area contributed by atoms with Crippen LogP contribution in [0, 0.1) is 11.6 Å². The molecule has 12 nitrogen and oxygen atoms in total. The number of hydrogen-bond acceptors (Lipinski definition) is 8. The molecule has 2 aromatic rings. The molecule has 39 heavy (non-hydrogen) atoms. The van der Waals surface area contributed by atoms with Crippen molar-refractivity contribution < 1.29 is 36.3 Å². The maximum Gasteiger partial charge on any atom is 0.414 e. The minimum Gasteiger partial charge on any atom is -0.442 e. The van der Waals surface area contributed by atoms with Crippen molar-refractivity contribution in [1.29, 1.82) is 0 Å². The van der Waals surface area contributed by atoms with Crippen molar-refractivity contribution in [1.82, 2.24) is 15.2 Å². The summed E-state index contributed by atoms with van der Waals surface area (Å²) in [6, 6.07) is 7.67. The summed E-state index contributed by atoms with van der Waals surface area (Å²) in [4.78, 5) is 37.0. The van der Waals surface area contributed by atoms with E-state index in [2.05, 4.69) is 16.1 Å². The van der Waals surface area contributed by atoms with Crippen LogP contribution >= 0.6 is 0 Å². The van der Waals surface area contributed by atoms with Crippen LogP contribution in [-0.2, 0) is 24.3 Å². The first-order valence-corrected chi connectivity index (χ1v) is 13.5. The number of halogens is 2. The maximum atomic E-state index is 15.2. The van der Waals surface area contributed by atoms with E-state index in [1.54, 1.807) is 0 Å². The maximum absolute atomic E-state index is 15.2. The van der Waals surface area contributed by atoms with Gasteiger partial charge in [0.05, 0.1) is 23.7 Å². The Morgan fingerprint density at radius 2 is 1.72 bits per heavy atom. The van der Waals surface area contributed by atoms with Crippen molar-refractivity contribution in [2.45, 2.75) is 24.8 Å². The van der Waals surface area contributed by atoms with Crippen LogP contribution in [-0.4, -0.2) is 76.1 Å². The van der Waals surface area contributed by atoms with Crippen LogP contribution in [0.1, 0.15) is 13.8 Å². The fraction of sp³-hybridized carbons (Fsp3) is 0.375. The van der Waals surface area contributed by atoms with Gasteiger partial charge in [-0.05, 0) is 24.3 Å². The third kappa shape index (κ3) is 6.43. The van der Waals surface area contributed by atoms with Gasteiger partial charge in [0, 0.05) is 57.8 Å². The van der Waals surface area contributed by atoms with Crippen LogP contribution in [0.5, 0.6) is 0 Å². The third-order valence-electron chi connectivity index (χ3n) is 6.09. The zero-order chi connectivity index (χ0) is 28.3. The first-order chi connectivity index (χ1) is 18.5. The Morgan fingerprint density at radius 1 is 1.05 bits per heavy atom. The number of amides is 3. The van der Waals surface area contributed by atoms with Gasteiger partial charge in [-0.25, -0.2) is 27.4 Å². The Labute approximate surface area is 223 Å². The average molecular weight is 567 g/mol. The van der Waals surface area contributed by atoms with Crippen molar-refractivity contribution in [3.8, 4) is 0 Å². The fourth-order valence-electron chi connectivity index (χ4n) is 4.29. The van der Waals surface area contributed by atoms with Crippen molar-refractivity contribution in [2.75, 3.05) is 54.4 Å². The summed E-state index contributed by atoms with van der Waals surface area (Å²) in [7, 11) is -3.98. The molecule has 0 bridgehead atoms. The molecule has 0 saturated carbocycles. The molecule has 2 saturated heterocycles. The molecule has 0 spiro atoms. The van der Waals surface area contributed by atoms with Gasteiger partial charge in [0.25, 0.3) is 10.0 Å². The molecule has 2 aromatic carbocycles. The number of hydrazine groups is 1. The molecule has 0 aromatic heterocycles. The first kappa shape index (κ1) is 28.2. The van der Waals surface area contributed by atoms with Gasteiger partial charge in [0.1, 0.15) is 11.8 Å². The topological polar surface area (TPSA) is 140 Å². The Balaban J connectivity index is 1.46. The molecule has 4 rings (SSSR count). The van der Waals surface area contributed by atoms with Gasteiger partial charge in [-0.3, -0.25) is 14.5 Å². The highest BCUT2D eigenvalue weighted by atomic mass is 32.2. The highest BCUT2D eigenvalue weighted by Gasteiger charge is 2.34. The number of cyclic esters (lactones) is 1. The summed E-state index contributed by atoms with van der Waals surface area (Å²) in [5.74, 6) is -2.44. The van der Waals surface area contributed by atoms with Gasteiger partial charge in [-0.1, -0.05) is 0 Å². The highest BCUT2D eigenvalue weighted by Crippen LogP contribution is 2.31. The van der Waals surface area contributed by atoms with Crippen LogP contribution < -0.4 is 25.9 Å². The molecule has 3 N–H and O–H groups in total. The van der Waals surface area contributed by atoms with E-state index in [1.165, 1.54) is 43.0 Å². The molecule has 2 fully saturated rings. The smallest absolute Gasteiger partial charge is 0.414 e. The lowest BCUT2D eigenvalue weighted by molar-refractivity contribution is -0.119. The Hall–Kier alpha value is -3.82. The van der Waals surface area contributed by atoms with E-state index >= 15 is 8.78 Å². The molecule has 1 atom stereocenters. The number of carbonyl (C=O) groups excluding carboxylic acids is 3. The summed E-state index contributed by atoms with van der Waals surface area (Å²) in [5, 5.41) is 5.09. The first-order valence-electron chi connectivity index (χ1n) is 12.1. The lowest BCUT2D eigenvalue weighted by atomic mass is 10.2. The zero-order valence-corrected chi connectivity index (χ0v) is 22.1. The van der Waals surface area contributed by atoms with E-state index in [4.69, 9.17) is 4.74 Å². The van der Waals surface area contributed by atoms with Gasteiger partial charge in [0.15, 0.2) is 11.6 Å². The molecule has 0 unspecified atom stereocenters. The van der Waals surface area contributed by atoms with Gasteiger partial charge in [-0.15, -0.1) is 4.41 Å². The minimum absolute atomic E-state index is 0.00356. The van der Waals surface area contributed by atoms with E-state index in [-0.39, 0.29) is 67.4 Å². The van der Waals surface area contributed by atoms with Crippen molar-refractivity contribution in [3.63, 3.8) is 0 Å². The average Bonchev–Trinajstić information content (AvgIpc) is 3.06. The molecule has 2 aliphatic heterocycles. The van der Waals surface area contributed by atoms with Crippen LogP contribution in [0.15, 0.2) is 41.3 Å². The van der Waals surface area contributed by atoms with E-state index in [1.807, 2.05) is 0 Å². The summed E-state index contributed by atoms with van der Waals surface area (Å²) < 4.78 is 62.8. The molecule has 15 heteroatoms. The lowest BCUT2D eigenvalue weighted by Gasteiger charge is -2.25. The largest absolute Gasteiger partial charge is 0.442 e. The quantitative estimate of drug-likeness (QED) is 0.457. The number of ether oxygens (including phenoxy) is 1. The van der Waals surface area contributed by atoms with E-state index in [9.17, 15) is 22.8 Å². The van der Waals surface area contributed by atoms with Crippen molar-refractivity contribution in [2.24, 2.45) is 0 Å². The zero-order valence-electron chi connectivity index (χ0n) is 21.2. The predicted molar refractivity (Wildman–Crippen MR) is 138 cm³/mol. The summed E-state index contributed by atoms with van der Waals surface area (Å²) in [6.45, 7) is 2.77. The van der Waals surface area contributed by atoms with Gasteiger partial charge >= 0.3 is 6.09 Å². The second kappa shape index (κ2) is 11.5. The molecular formula is C24H28F2N6O6S. The highest BCUT2D eigenvalue weighted by molar-refractivity contribution is 7.89. The Morgan fingerprint density at radius 3 is 2.33 bits per heavy atom. The van der Waals surface area contributed by atoms with Crippen LogP contribution in [0.25, 0.3) is 0 Å². The molecule has 2 heterocycles. The molecule has 0 radical (unpaired) electrons. The van der Waals surface area contributed by atoms with Crippen molar-refractivity contribution in [3.05, 3.63) is 48.0 Å². The number of nitrogens with zero attached hydrogens (tertiary/aromatic N) is 3. The van der Waals surface area contributed by atoms with E-state index < -0.39 is 33.9 Å². The third-order valence-corrected chi connectivity index (χ3v) is 7.85. The molecular weight excluding hydrogens is 538 g/mol. The lowest BCUT2D eigenvalue weighted by Crippen LogP contribution is -2.43. The molecule has 210 valence electrons. The number of benzene rings is 2. The SMILES string of the molecule is CC(=O)NC[C@H]1CN(c2cc(F)c(N3CCNN(S(=O)(=O)c4ccc(NC(C)=O)cc4)CC3)c(F)c2)C(=O)O1. The molecule has 3 amide bonds. The standard InChI is InChI=1S/C24H28F2N6O6S/c1-15(33)27-13-19-14-31(24(35)38-19)18-11-21(25)23(22(26)12-18)30-8-7-28-32(10-9-30)39(36,37)20-5-3-17(4-6-20)29-16(2)34/h3-6,11-12,19,28H,7-10,13-14H2,1-2H3,(H,27,33)(H,29,34)/t19-/m0/s1. The minimum atomic E-state index is -3.98. The molecule has 2 aliphatic rings. The number of sulfonamides is 1. The summed E-state index contributed by atoms with van der Waals surface area (Å²) in [6.07, 6.45) is -1.46. The van der Waals surface area contributed by atoms with Gasteiger partial charge < -0.3 is 20.3 Å². The Bertz CT molecular complexity index is 1350. The normalized spacial score (nSPS) is 18.5. The fourth-order valence-corrected chi connectivity index (χ4v) is 5.61. The number of nitrogens with one attached hydrogen (secondary N) is 3. The van der Waals surface area contributed by atoms with Crippen molar-refractivity contribution >= 4 is 45.0 Å². The number of hydrogen-bond donors (Lipinski definition) is 3. The van der Waals surface area contributed by atoms with E-state index in [0.717, 1.165) is 21.4 Å². The van der Waals surface area contributed by atoms with Gasteiger partial charge in [-0.2, -0.15) is 0 Å². The monoisotopic (exact) mass is 566 g/mol. The van der Waals surface area contributed by atoms with Crippen LogP contribution in [0.3, 0.4) is 0 Å². The second-order valence-corrected chi connectivity index (χ2v) is 10.9.